The van der Waals surface area contributed by atoms with Crippen LogP contribution in [0.25, 0.3) is 11.1 Å². The number of hydrogen-bond donors (Lipinski definition) is 2. The van der Waals surface area contributed by atoms with E-state index in [1.807, 2.05) is 25.1 Å². The van der Waals surface area contributed by atoms with E-state index in [1.165, 1.54) is 11.1 Å². The minimum Gasteiger partial charge on any atom is -0.497 e. The van der Waals surface area contributed by atoms with Crippen LogP contribution in [0.4, 0.5) is 5.69 Å². The summed E-state index contributed by atoms with van der Waals surface area (Å²) in [6, 6.07) is 24.0. The van der Waals surface area contributed by atoms with E-state index in [2.05, 4.69) is 47.0 Å². The maximum absolute atomic E-state index is 12.4. The predicted octanol–water partition coefficient (Wildman–Crippen LogP) is 4.66. The molecule has 150 valence electrons. The molecule has 0 heterocycles. The van der Waals surface area contributed by atoms with Crippen molar-refractivity contribution < 1.29 is 14.3 Å². The molecule has 0 spiro atoms. The van der Waals surface area contributed by atoms with Crippen molar-refractivity contribution in [3.8, 4) is 22.6 Å². The minimum absolute atomic E-state index is 0.0396. The van der Waals surface area contributed by atoms with E-state index in [1.54, 1.807) is 32.4 Å². The van der Waals surface area contributed by atoms with Gasteiger partial charge >= 0.3 is 0 Å². The van der Waals surface area contributed by atoms with E-state index >= 15 is 0 Å². The molecular formula is C24H26N2O3. The third-order valence-corrected chi connectivity index (χ3v) is 4.77. The fourth-order valence-electron chi connectivity index (χ4n) is 3.06. The Kier molecular flexibility index (Phi) is 6.87. The van der Waals surface area contributed by atoms with Gasteiger partial charge in [0.05, 0.1) is 26.5 Å². The Bertz CT molecular complexity index is 940. The van der Waals surface area contributed by atoms with Gasteiger partial charge in [-0.1, -0.05) is 54.6 Å². The first kappa shape index (κ1) is 20.4. The predicted molar refractivity (Wildman–Crippen MR) is 116 cm³/mol. The van der Waals surface area contributed by atoms with Gasteiger partial charge in [-0.15, -0.1) is 0 Å². The summed E-state index contributed by atoms with van der Waals surface area (Å²) < 4.78 is 10.5. The van der Waals surface area contributed by atoms with Crippen molar-refractivity contribution in [2.24, 2.45) is 0 Å². The Morgan fingerprint density at radius 2 is 1.59 bits per heavy atom. The third kappa shape index (κ3) is 5.36. The van der Waals surface area contributed by atoms with Crippen molar-refractivity contribution in [2.45, 2.75) is 13.0 Å². The summed E-state index contributed by atoms with van der Waals surface area (Å²) in [7, 11) is 3.15. The Hall–Kier alpha value is -3.31. The van der Waals surface area contributed by atoms with Crippen LogP contribution < -0.4 is 20.1 Å². The number of ether oxygens (including phenoxy) is 2. The molecule has 0 saturated heterocycles. The minimum atomic E-state index is -0.149. The van der Waals surface area contributed by atoms with Crippen LogP contribution in [0.15, 0.2) is 72.8 Å². The average molecular weight is 390 g/mol. The van der Waals surface area contributed by atoms with Crippen LogP contribution >= 0.6 is 0 Å². The first-order valence-corrected chi connectivity index (χ1v) is 9.51. The second-order valence-electron chi connectivity index (χ2n) is 6.71. The molecule has 0 radical (unpaired) electrons. The lowest BCUT2D eigenvalue weighted by molar-refractivity contribution is -0.115. The molecule has 5 nitrogen and oxygen atoms in total. The van der Waals surface area contributed by atoms with Crippen LogP contribution in [0.1, 0.15) is 18.5 Å². The standard InChI is InChI=1S/C24H26N2O3/c1-17(18-9-11-20(12-10-18)19-7-5-4-6-8-19)25-16-24(27)26-22-15-21(28-2)13-14-23(22)29-3/h4-15,17,25H,16H2,1-3H3,(H,26,27)/t17-/m1/s1. The number of nitrogens with one attached hydrogen (secondary N) is 2. The third-order valence-electron chi connectivity index (χ3n) is 4.77. The molecule has 2 N–H and O–H groups in total. The van der Waals surface area contributed by atoms with Crippen LogP contribution in [0.2, 0.25) is 0 Å². The highest BCUT2D eigenvalue weighted by molar-refractivity contribution is 5.94. The van der Waals surface area contributed by atoms with Crippen LogP contribution in [0.3, 0.4) is 0 Å². The van der Waals surface area contributed by atoms with Gasteiger partial charge < -0.3 is 20.1 Å². The van der Waals surface area contributed by atoms with Crippen molar-refractivity contribution in [3.63, 3.8) is 0 Å². The molecule has 0 aliphatic rings. The summed E-state index contributed by atoms with van der Waals surface area (Å²) in [5, 5.41) is 6.13. The molecule has 0 aliphatic heterocycles. The lowest BCUT2D eigenvalue weighted by atomic mass is 10.0. The van der Waals surface area contributed by atoms with Crippen molar-refractivity contribution >= 4 is 11.6 Å². The highest BCUT2D eigenvalue weighted by atomic mass is 16.5. The van der Waals surface area contributed by atoms with Gasteiger partial charge in [-0.3, -0.25) is 4.79 Å². The van der Waals surface area contributed by atoms with Gasteiger partial charge in [-0.05, 0) is 35.7 Å². The first-order valence-electron chi connectivity index (χ1n) is 9.51. The van der Waals surface area contributed by atoms with E-state index < -0.39 is 0 Å². The van der Waals surface area contributed by atoms with E-state index in [0.29, 0.717) is 17.2 Å². The monoisotopic (exact) mass is 390 g/mol. The van der Waals surface area contributed by atoms with Crippen LogP contribution in [-0.2, 0) is 4.79 Å². The van der Waals surface area contributed by atoms with Crippen LogP contribution in [0.5, 0.6) is 11.5 Å². The molecule has 29 heavy (non-hydrogen) atoms. The van der Waals surface area contributed by atoms with Gasteiger partial charge in [-0.25, -0.2) is 0 Å². The second-order valence-corrected chi connectivity index (χ2v) is 6.71. The number of amides is 1. The van der Waals surface area contributed by atoms with E-state index in [-0.39, 0.29) is 18.5 Å². The van der Waals surface area contributed by atoms with Crippen LogP contribution in [-0.4, -0.2) is 26.7 Å². The fraction of sp³-hybridized carbons (Fsp3) is 0.208. The van der Waals surface area contributed by atoms with Crippen LogP contribution in [0, 0.1) is 0 Å². The molecule has 0 bridgehead atoms. The van der Waals surface area contributed by atoms with Gasteiger partial charge in [0.2, 0.25) is 5.91 Å². The maximum atomic E-state index is 12.4. The van der Waals surface area contributed by atoms with E-state index in [9.17, 15) is 4.79 Å². The summed E-state index contributed by atoms with van der Waals surface area (Å²) in [4.78, 5) is 12.4. The van der Waals surface area contributed by atoms with Crippen molar-refractivity contribution in [3.05, 3.63) is 78.4 Å². The second kappa shape index (κ2) is 9.75. The number of benzene rings is 3. The van der Waals surface area contributed by atoms with E-state index in [4.69, 9.17) is 9.47 Å². The van der Waals surface area contributed by atoms with Crippen molar-refractivity contribution in [2.75, 3.05) is 26.1 Å². The first-order chi connectivity index (χ1) is 14.1. The summed E-state index contributed by atoms with van der Waals surface area (Å²) in [6.07, 6.45) is 0. The molecule has 3 aromatic carbocycles. The number of hydrogen-bond acceptors (Lipinski definition) is 4. The smallest absolute Gasteiger partial charge is 0.238 e. The molecule has 0 saturated carbocycles. The maximum Gasteiger partial charge on any atom is 0.238 e. The number of carbonyl (C=O) groups excluding carboxylic acids is 1. The molecular weight excluding hydrogens is 364 g/mol. The molecule has 0 fully saturated rings. The normalized spacial score (nSPS) is 11.6. The van der Waals surface area contributed by atoms with Crippen molar-refractivity contribution in [1.82, 2.24) is 5.32 Å². The quantitative estimate of drug-likeness (QED) is 0.587. The van der Waals surface area contributed by atoms with Gasteiger partial charge in [0.25, 0.3) is 0 Å². The lowest BCUT2D eigenvalue weighted by Crippen LogP contribution is -2.30. The number of rotatable bonds is 8. The zero-order valence-electron chi connectivity index (χ0n) is 16.9. The molecule has 0 aliphatic carbocycles. The Morgan fingerprint density at radius 3 is 2.24 bits per heavy atom. The zero-order chi connectivity index (χ0) is 20.6. The van der Waals surface area contributed by atoms with Gasteiger partial charge in [0.1, 0.15) is 11.5 Å². The summed E-state index contributed by atoms with van der Waals surface area (Å²) >= 11 is 0. The molecule has 0 unspecified atom stereocenters. The lowest BCUT2D eigenvalue weighted by Gasteiger charge is -2.16. The molecule has 3 aromatic rings. The van der Waals surface area contributed by atoms with Crippen molar-refractivity contribution in [1.29, 1.82) is 0 Å². The molecule has 1 atom stereocenters. The number of methoxy groups -OCH3 is 2. The van der Waals surface area contributed by atoms with Gasteiger partial charge in [-0.2, -0.15) is 0 Å². The summed E-state index contributed by atoms with van der Waals surface area (Å²) in [5.74, 6) is 1.09. The Morgan fingerprint density at radius 1 is 0.897 bits per heavy atom. The molecule has 1 amide bonds. The SMILES string of the molecule is COc1ccc(OC)c(NC(=O)CN[C@H](C)c2ccc(-c3ccccc3)cc2)c1. The zero-order valence-corrected chi connectivity index (χ0v) is 16.9. The largest absolute Gasteiger partial charge is 0.497 e. The van der Waals surface area contributed by atoms with Gasteiger partial charge in [0, 0.05) is 12.1 Å². The van der Waals surface area contributed by atoms with Gasteiger partial charge in [0.15, 0.2) is 0 Å². The average Bonchev–Trinajstić information content (AvgIpc) is 2.78. The summed E-state index contributed by atoms with van der Waals surface area (Å²) in [6.45, 7) is 2.22. The Balaban J connectivity index is 1.58. The topological polar surface area (TPSA) is 59.6 Å². The number of anilines is 1. The van der Waals surface area contributed by atoms with E-state index in [0.717, 1.165) is 5.56 Å². The molecule has 0 aromatic heterocycles. The fourth-order valence-corrected chi connectivity index (χ4v) is 3.06. The molecule has 5 heteroatoms. The summed E-state index contributed by atoms with van der Waals surface area (Å²) in [5.41, 5.74) is 4.06. The number of carbonyl (C=O) groups is 1. The highest BCUT2D eigenvalue weighted by Crippen LogP contribution is 2.28. The highest BCUT2D eigenvalue weighted by Gasteiger charge is 2.11. The molecule has 3 rings (SSSR count). The Labute approximate surface area is 171 Å².